The fourth-order valence-corrected chi connectivity index (χ4v) is 4.65. The number of anilines is 1. The summed E-state index contributed by atoms with van der Waals surface area (Å²) in [5.41, 5.74) is 2.00. The van der Waals surface area contributed by atoms with Crippen LogP contribution in [0, 0.1) is 11.3 Å². The van der Waals surface area contributed by atoms with E-state index in [2.05, 4.69) is 16.7 Å². The van der Waals surface area contributed by atoms with Gasteiger partial charge in [0.1, 0.15) is 17.2 Å². The van der Waals surface area contributed by atoms with Crippen molar-refractivity contribution >= 4 is 68.6 Å². The predicted octanol–water partition coefficient (Wildman–Crippen LogP) is 5.69. The average molecular weight is 463 g/mol. The van der Waals surface area contributed by atoms with Crippen LogP contribution in [0.1, 0.15) is 39.2 Å². The third kappa shape index (κ3) is 4.82. The van der Waals surface area contributed by atoms with Crippen molar-refractivity contribution < 1.29 is 4.79 Å². The summed E-state index contributed by atoms with van der Waals surface area (Å²) in [4.78, 5) is 13.7. The number of aryl methyl sites for hydroxylation is 1. The van der Waals surface area contributed by atoms with E-state index >= 15 is 0 Å². The minimum atomic E-state index is -1.82. The van der Waals surface area contributed by atoms with Gasteiger partial charge in [-0.25, -0.2) is 0 Å². The van der Waals surface area contributed by atoms with Gasteiger partial charge in [0.2, 0.25) is 3.79 Å². The molecule has 1 aliphatic rings. The summed E-state index contributed by atoms with van der Waals surface area (Å²) < 4.78 is -1.82. The lowest BCUT2D eigenvalue weighted by molar-refractivity contribution is 0.0942. The smallest absolute Gasteiger partial charge is 0.252 e. The highest BCUT2D eigenvalue weighted by Gasteiger charge is 2.36. The quantitative estimate of drug-likeness (QED) is 0.453. The first-order valence-corrected chi connectivity index (χ1v) is 10.6. The van der Waals surface area contributed by atoms with Gasteiger partial charge in [0.25, 0.3) is 5.91 Å². The van der Waals surface area contributed by atoms with Gasteiger partial charge in [-0.3, -0.25) is 4.79 Å². The summed E-state index contributed by atoms with van der Waals surface area (Å²) in [7, 11) is 0. The zero-order valence-corrected chi connectivity index (χ0v) is 17.8. The highest BCUT2D eigenvalue weighted by atomic mass is 35.6. The molecule has 1 heterocycles. The number of nitriles is 1. The number of thiophene rings is 1. The number of nitrogens with one attached hydrogen (secondary N) is 2. The molecular formula is C18H15Cl4N3OS. The summed E-state index contributed by atoms with van der Waals surface area (Å²) in [6, 6.07) is 8.62. The Kier molecular flexibility index (Phi) is 6.45. The maximum Gasteiger partial charge on any atom is 0.252 e. The van der Waals surface area contributed by atoms with E-state index in [1.54, 1.807) is 24.3 Å². The molecule has 27 heavy (non-hydrogen) atoms. The number of benzene rings is 1. The van der Waals surface area contributed by atoms with Crippen LogP contribution in [0.25, 0.3) is 0 Å². The molecule has 1 aromatic heterocycles. The van der Waals surface area contributed by atoms with Crippen LogP contribution in [-0.4, -0.2) is 15.9 Å². The molecule has 142 valence electrons. The molecule has 0 bridgehead atoms. The number of amides is 1. The normalized spacial score (nSPS) is 14.8. The van der Waals surface area contributed by atoms with Crippen LogP contribution in [0.3, 0.4) is 0 Å². The number of halogens is 4. The van der Waals surface area contributed by atoms with Crippen LogP contribution < -0.4 is 10.6 Å². The van der Waals surface area contributed by atoms with Crippen LogP contribution in [-0.2, 0) is 12.8 Å². The van der Waals surface area contributed by atoms with Gasteiger partial charge in [-0.15, -0.1) is 11.3 Å². The molecular weight excluding hydrogens is 448 g/mol. The van der Waals surface area contributed by atoms with Gasteiger partial charge in [-0.1, -0.05) is 46.4 Å². The fourth-order valence-electron chi connectivity index (χ4n) is 2.93. The lowest BCUT2D eigenvalue weighted by Gasteiger charge is -2.27. The zero-order valence-electron chi connectivity index (χ0n) is 14.0. The number of rotatable bonds is 4. The minimum absolute atomic E-state index is 0.381. The fraction of sp³-hybridized carbons (Fsp3) is 0.333. The second-order valence-electron chi connectivity index (χ2n) is 6.13. The summed E-state index contributed by atoms with van der Waals surface area (Å²) >= 11 is 25.6. The maximum absolute atomic E-state index is 12.5. The van der Waals surface area contributed by atoms with E-state index in [0.717, 1.165) is 31.2 Å². The van der Waals surface area contributed by atoms with Crippen molar-refractivity contribution in [3.05, 3.63) is 50.9 Å². The van der Waals surface area contributed by atoms with Crippen LogP contribution in [0.4, 0.5) is 5.00 Å². The summed E-state index contributed by atoms with van der Waals surface area (Å²) in [5.74, 6) is -0.421. The lowest BCUT2D eigenvalue weighted by Crippen LogP contribution is -2.49. The zero-order chi connectivity index (χ0) is 19.6. The second-order valence-corrected chi connectivity index (χ2v) is 10.0. The Morgan fingerprint density at radius 1 is 1.19 bits per heavy atom. The molecule has 0 fully saturated rings. The Balaban J connectivity index is 1.84. The highest BCUT2D eigenvalue weighted by molar-refractivity contribution is 7.16. The number of carbonyl (C=O) groups excluding carboxylic acids is 1. The number of nitrogens with zero attached hydrogens (tertiary/aromatic N) is 1. The van der Waals surface area contributed by atoms with Gasteiger partial charge in [0.15, 0.2) is 0 Å². The Labute approximate surface area is 181 Å². The van der Waals surface area contributed by atoms with E-state index in [-0.39, 0.29) is 0 Å². The molecule has 9 heteroatoms. The highest BCUT2D eigenvalue weighted by Crippen LogP contribution is 2.40. The van der Waals surface area contributed by atoms with Gasteiger partial charge in [-0.05, 0) is 55.5 Å². The van der Waals surface area contributed by atoms with Crippen molar-refractivity contribution in [3.63, 3.8) is 0 Å². The van der Waals surface area contributed by atoms with Crippen molar-refractivity contribution in [2.45, 2.75) is 35.6 Å². The van der Waals surface area contributed by atoms with Gasteiger partial charge in [0.05, 0.1) is 5.56 Å². The molecule has 0 aliphatic heterocycles. The number of alkyl halides is 3. The molecule has 2 aromatic rings. The molecule has 0 spiro atoms. The third-order valence-corrected chi connectivity index (χ3v) is 6.40. The van der Waals surface area contributed by atoms with Crippen molar-refractivity contribution in [1.82, 2.24) is 5.32 Å². The average Bonchev–Trinajstić information content (AvgIpc) is 2.98. The monoisotopic (exact) mass is 461 g/mol. The van der Waals surface area contributed by atoms with Gasteiger partial charge < -0.3 is 10.6 Å². The molecule has 1 amide bonds. The van der Waals surface area contributed by atoms with Crippen molar-refractivity contribution in [2.75, 3.05) is 5.32 Å². The van der Waals surface area contributed by atoms with E-state index in [1.165, 1.54) is 16.2 Å². The first-order valence-electron chi connectivity index (χ1n) is 8.24. The van der Waals surface area contributed by atoms with Crippen LogP contribution >= 0.6 is 57.7 Å². The molecule has 1 aromatic carbocycles. The van der Waals surface area contributed by atoms with Crippen molar-refractivity contribution in [2.24, 2.45) is 0 Å². The van der Waals surface area contributed by atoms with Crippen LogP contribution in [0.5, 0.6) is 0 Å². The minimum Gasteiger partial charge on any atom is -0.352 e. The molecule has 0 saturated heterocycles. The van der Waals surface area contributed by atoms with Crippen molar-refractivity contribution in [1.29, 1.82) is 5.26 Å². The second kappa shape index (κ2) is 8.46. The Bertz CT molecular complexity index is 884. The number of fused-ring (bicyclic) bond motifs is 1. The molecule has 0 saturated carbocycles. The largest absolute Gasteiger partial charge is 0.352 e. The molecule has 1 atom stereocenters. The summed E-state index contributed by atoms with van der Waals surface area (Å²) in [6.45, 7) is 0. The SMILES string of the molecule is N#Cc1c(N[C@H](NC(=O)c2ccc(Cl)cc2)C(Cl)(Cl)Cl)sc2c1CCCC2. The van der Waals surface area contributed by atoms with E-state index in [0.29, 0.717) is 21.2 Å². The topological polar surface area (TPSA) is 64.9 Å². The Morgan fingerprint density at radius 2 is 1.85 bits per heavy atom. The van der Waals surface area contributed by atoms with E-state index in [4.69, 9.17) is 46.4 Å². The lowest BCUT2D eigenvalue weighted by atomic mass is 9.96. The summed E-state index contributed by atoms with van der Waals surface area (Å²) in [5, 5.41) is 16.4. The first-order chi connectivity index (χ1) is 12.8. The molecule has 3 rings (SSSR count). The Morgan fingerprint density at radius 3 is 2.48 bits per heavy atom. The molecule has 2 N–H and O–H groups in total. The summed E-state index contributed by atoms with van der Waals surface area (Å²) in [6.07, 6.45) is 2.94. The van der Waals surface area contributed by atoms with E-state index < -0.39 is 15.9 Å². The number of hydrogen-bond donors (Lipinski definition) is 2. The number of hydrogen-bond acceptors (Lipinski definition) is 4. The van der Waals surface area contributed by atoms with Gasteiger partial charge >= 0.3 is 0 Å². The Hall–Kier alpha value is -1.16. The molecule has 0 radical (unpaired) electrons. The number of carbonyl (C=O) groups is 1. The standard InChI is InChI=1S/C18H15Cl4N3OS/c19-11-7-5-10(6-8-11)15(26)24-17(18(20,21)22)25-16-13(9-23)12-3-1-2-4-14(12)27-16/h5-8,17,25H,1-4H2,(H,24,26)/t17-/m0/s1. The molecule has 4 nitrogen and oxygen atoms in total. The molecule has 0 unspecified atom stereocenters. The van der Waals surface area contributed by atoms with E-state index in [1.807, 2.05) is 0 Å². The van der Waals surface area contributed by atoms with Crippen LogP contribution in [0.15, 0.2) is 24.3 Å². The van der Waals surface area contributed by atoms with E-state index in [9.17, 15) is 10.1 Å². The van der Waals surface area contributed by atoms with Crippen molar-refractivity contribution in [3.8, 4) is 6.07 Å². The third-order valence-electron chi connectivity index (χ3n) is 4.27. The van der Waals surface area contributed by atoms with Gasteiger partial charge in [0, 0.05) is 15.5 Å². The van der Waals surface area contributed by atoms with Crippen LogP contribution in [0.2, 0.25) is 5.02 Å². The molecule has 1 aliphatic carbocycles. The first kappa shape index (κ1) is 20.6. The predicted molar refractivity (Wildman–Crippen MR) is 112 cm³/mol. The van der Waals surface area contributed by atoms with Gasteiger partial charge in [-0.2, -0.15) is 5.26 Å². The maximum atomic E-state index is 12.5.